The fraction of sp³-hybridized carbons (Fsp3) is 0.0556. The van der Waals surface area contributed by atoms with Gasteiger partial charge in [0.05, 0.1) is 16.8 Å². The molecule has 0 atom stereocenters. The quantitative estimate of drug-likeness (QED) is 0.534. The van der Waals surface area contributed by atoms with E-state index in [1.165, 1.54) is 24.8 Å². The van der Waals surface area contributed by atoms with Crippen molar-refractivity contribution in [2.75, 3.05) is 5.32 Å². The highest BCUT2D eigenvalue weighted by atomic mass is 19.4. The van der Waals surface area contributed by atoms with Crippen molar-refractivity contribution in [3.05, 3.63) is 66.8 Å². The van der Waals surface area contributed by atoms with Crippen molar-refractivity contribution in [1.82, 2.24) is 15.2 Å². The predicted molar refractivity (Wildman–Crippen MR) is 90.0 cm³/mol. The van der Waals surface area contributed by atoms with Gasteiger partial charge in [-0.05, 0) is 36.4 Å². The van der Waals surface area contributed by atoms with Crippen LogP contribution < -0.4 is 5.32 Å². The zero-order valence-electron chi connectivity index (χ0n) is 13.6. The Bertz CT molecular complexity index is 1040. The molecule has 0 aliphatic carbocycles. The van der Waals surface area contributed by atoms with Gasteiger partial charge in [0.25, 0.3) is 5.89 Å². The Morgan fingerprint density at radius 3 is 2.33 bits per heavy atom. The van der Waals surface area contributed by atoms with Crippen molar-refractivity contribution in [2.45, 2.75) is 6.18 Å². The first kappa shape index (κ1) is 16.8. The Balaban J connectivity index is 1.62. The summed E-state index contributed by atoms with van der Waals surface area (Å²) in [6.07, 6.45) is -1.75. The van der Waals surface area contributed by atoms with E-state index in [0.717, 1.165) is 12.1 Å². The molecule has 0 saturated carbocycles. The van der Waals surface area contributed by atoms with Gasteiger partial charge in [-0.15, -0.1) is 10.2 Å². The number of benzene rings is 2. The van der Waals surface area contributed by atoms with Crippen LogP contribution in [0.4, 0.5) is 24.5 Å². The number of aromatic nitrogens is 3. The van der Waals surface area contributed by atoms with E-state index in [4.69, 9.17) is 8.83 Å². The van der Waals surface area contributed by atoms with Gasteiger partial charge in [0.1, 0.15) is 6.26 Å². The maximum Gasteiger partial charge on any atom is 0.416 e. The molecule has 9 heteroatoms. The molecule has 2 aromatic carbocycles. The van der Waals surface area contributed by atoms with E-state index in [2.05, 4.69) is 20.5 Å². The molecule has 0 unspecified atom stereocenters. The summed E-state index contributed by atoms with van der Waals surface area (Å²) in [5.74, 6) is 0.436. The van der Waals surface area contributed by atoms with Crippen LogP contribution in [-0.4, -0.2) is 15.2 Å². The van der Waals surface area contributed by atoms with Gasteiger partial charge in [0.15, 0.2) is 12.1 Å². The first-order valence-corrected chi connectivity index (χ1v) is 7.76. The van der Waals surface area contributed by atoms with E-state index >= 15 is 0 Å². The highest BCUT2D eigenvalue weighted by Crippen LogP contribution is 2.33. The Morgan fingerprint density at radius 2 is 1.63 bits per heavy atom. The van der Waals surface area contributed by atoms with E-state index in [9.17, 15) is 13.2 Å². The van der Waals surface area contributed by atoms with Crippen LogP contribution in [-0.2, 0) is 6.18 Å². The third-order valence-corrected chi connectivity index (χ3v) is 3.73. The van der Waals surface area contributed by atoms with Gasteiger partial charge in [-0.25, -0.2) is 4.98 Å². The van der Waals surface area contributed by atoms with Gasteiger partial charge in [0.2, 0.25) is 5.89 Å². The van der Waals surface area contributed by atoms with Crippen LogP contribution in [0, 0.1) is 0 Å². The number of rotatable bonds is 4. The lowest BCUT2D eigenvalue weighted by molar-refractivity contribution is -0.137. The second-order valence-corrected chi connectivity index (χ2v) is 5.53. The zero-order valence-corrected chi connectivity index (χ0v) is 13.6. The topological polar surface area (TPSA) is 77.0 Å². The van der Waals surface area contributed by atoms with Gasteiger partial charge in [0, 0.05) is 5.69 Å². The summed E-state index contributed by atoms with van der Waals surface area (Å²) in [7, 11) is 0. The van der Waals surface area contributed by atoms with Gasteiger partial charge in [-0.2, -0.15) is 13.2 Å². The van der Waals surface area contributed by atoms with E-state index < -0.39 is 11.7 Å². The number of anilines is 2. The minimum atomic E-state index is -4.38. The molecule has 0 spiro atoms. The highest BCUT2D eigenvalue weighted by Gasteiger charge is 2.30. The van der Waals surface area contributed by atoms with Gasteiger partial charge < -0.3 is 14.2 Å². The molecule has 6 nitrogen and oxygen atoms in total. The van der Waals surface area contributed by atoms with Crippen molar-refractivity contribution >= 4 is 11.4 Å². The summed E-state index contributed by atoms with van der Waals surface area (Å²) in [5, 5.41) is 11.0. The highest BCUT2D eigenvalue weighted by molar-refractivity contribution is 5.77. The summed E-state index contributed by atoms with van der Waals surface area (Å²) in [6.45, 7) is 0. The molecular formula is C18H11F3N4O2. The lowest BCUT2D eigenvalue weighted by atomic mass is 10.1. The van der Waals surface area contributed by atoms with Gasteiger partial charge in [-0.1, -0.05) is 12.1 Å². The maximum atomic E-state index is 12.7. The number of hydrogen-bond acceptors (Lipinski definition) is 6. The molecule has 0 bridgehead atoms. The molecule has 27 heavy (non-hydrogen) atoms. The van der Waals surface area contributed by atoms with Crippen LogP contribution in [0.5, 0.6) is 0 Å². The van der Waals surface area contributed by atoms with Crippen LogP contribution in [0.15, 0.2) is 70.0 Å². The average molecular weight is 372 g/mol. The van der Waals surface area contributed by atoms with Crippen molar-refractivity contribution < 1.29 is 22.0 Å². The lowest BCUT2D eigenvalue weighted by Crippen LogP contribution is -2.04. The summed E-state index contributed by atoms with van der Waals surface area (Å²) in [4.78, 5) is 3.94. The van der Waals surface area contributed by atoms with Crippen molar-refractivity contribution in [2.24, 2.45) is 0 Å². The minimum absolute atomic E-state index is 0.197. The number of nitrogens with zero attached hydrogens (tertiary/aromatic N) is 3. The molecule has 0 saturated heterocycles. The van der Waals surface area contributed by atoms with E-state index in [1.807, 2.05) is 0 Å². The molecular weight excluding hydrogens is 361 g/mol. The monoisotopic (exact) mass is 372 g/mol. The smallest absolute Gasteiger partial charge is 0.416 e. The molecule has 2 heterocycles. The Morgan fingerprint density at radius 1 is 0.889 bits per heavy atom. The Hall–Kier alpha value is -3.62. The third-order valence-electron chi connectivity index (χ3n) is 3.73. The van der Waals surface area contributed by atoms with Gasteiger partial charge in [-0.3, -0.25) is 0 Å². The number of alkyl halides is 3. The number of oxazole rings is 1. The first-order chi connectivity index (χ1) is 13.0. The van der Waals surface area contributed by atoms with Crippen LogP contribution in [0.1, 0.15) is 5.56 Å². The average Bonchev–Trinajstić information content (AvgIpc) is 3.34. The molecule has 0 aliphatic rings. The Labute approximate surface area is 150 Å². The second-order valence-electron chi connectivity index (χ2n) is 5.53. The summed E-state index contributed by atoms with van der Waals surface area (Å²) < 4.78 is 48.6. The fourth-order valence-corrected chi connectivity index (χ4v) is 2.43. The normalized spacial score (nSPS) is 11.5. The van der Waals surface area contributed by atoms with Crippen LogP contribution in [0.2, 0.25) is 0 Å². The van der Waals surface area contributed by atoms with Crippen LogP contribution in [0.3, 0.4) is 0 Å². The molecule has 1 N–H and O–H groups in total. The number of para-hydroxylation sites is 1. The van der Waals surface area contributed by atoms with Crippen molar-refractivity contribution in [3.8, 4) is 23.0 Å². The fourth-order valence-electron chi connectivity index (χ4n) is 2.43. The van der Waals surface area contributed by atoms with Crippen LogP contribution >= 0.6 is 0 Å². The SMILES string of the molecule is FC(F)(F)c1ccc(Nc2ccccc2-c2nnc(-c3cocn3)o2)cc1. The molecule has 0 aliphatic heterocycles. The molecule has 2 aromatic heterocycles. The molecule has 4 rings (SSSR count). The number of hydrogen-bond donors (Lipinski definition) is 1. The standard InChI is InChI=1S/C18H11F3N4O2/c19-18(20,21)11-5-7-12(8-6-11)23-14-4-2-1-3-13(14)16-24-25-17(27-16)15-9-26-10-22-15/h1-10,23H. The molecule has 0 fully saturated rings. The molecule has 4 aromatic rings. The maximum absolute atomic E-state index is 12.7. The zero-order chi connectivity index (χ0) is 18.9. The third kappa shape index (κ3) is 3.52. The second kappa shape index (κ2) is 6.60. The lowest BCUT2D eigenvalue weighted by Gasteiger charge is -2.11. The van der Waals surface area contributed by atoms with Crippen molar-refractivity contribution in [3.63, 3.8) is 0 Å². The van der Waals surface area contributed by atoms with E-state index in [0.29, 0.717) is 22.6 Å². The Kier molecular flexibility index (Phi) is 4.11. The predicted octanol–water partition coefficient (Wildman–Crippen LogP) is 5.15. The van der Waals surface area contributed by atoms with E-state index in [-0.39, 0.29) is 11.8 Å². The van der Waals surface area contributed by atoms with Crippen molar-refractivity contribution in [1.29, 1.82) is 0 Å². The largest absolute Gasteiger partial charge is 0.451 e. The minimum Gasteiger partial charge on any atom is -0.451 e. The summed E-state index contributed by atoms with van der Waals surface area (Å²) >= 11 is 0. The van der Waals surface area contributed by atoms with Gasteiger partial charge >= 0.3 is 6.18 Å². The first-order valence-electron chi connectivity index (χ1n) is 7.76. The summed E-state index contributed by atoms with van der Waals surface area (Å²) in [5.41, 5.74) is 1.39. The molecule has 0 radical (unpaired) electrons. The molecule has 136 valence electrons. The molecule has 0 amide bonds. The van der Waals surface area contributed by atoms with Crippen LogP contribution in [0.25, 0.3) is 23.0 Å². The van der Waals surface area contributed by atoms with E-state index in [1.54, 1.807) is 24.3 Å². The number of halogens is 3. The number of nitrogens with one attached hydrogen (secondary N) is 1. The summed E-state index contributed by atoms with van der Waals surface area (Å²) in [6, 6.07) is 11.8.